The molecule has 0 atom stereocenters. The van der Waals surface area contributed by atoms with E-state index in [2.05, 4.69) is 5.10 Å². The highest BCUT2D eigenvalue weighted by Crippen LogP contribution is 2.52. The number of rotatable bonds is 3. The second kappa shape index (κ2) is 4.97. The van der Waals surface area contributed by atoms with Crippen LogP contribution in [0.3, 0.4) is 0 Å². The second-order valence-electron chi connectivity index (χ2n) is 6.24. The Labute approximate surface area is 125 Å². The van der Waals surface area contributed by atoms with Gasteiger partial charge in [-0.15, -0.1) is 0 Å². The average Bonchev–Trinajstić information content (AvgIpc) is 2.40. The van der Waals surface area contributed by atoms with Crippen molar-refractivity contribution in [3.8, 4) is 11.3 Å². The van der Waals surface area contributed by atoms with Crippen LogP contribution >= 0.6 is 0 Å². The maximum atomic E-state index is 13.1. The molecule has 22 heavy (non-hydrogen) atoms. The molecule has 0 aliphatic heterocycles. The van der Waals surface area contributed by atoms with Crippen LogP contribution in [0, 0.1) is 11.2 Å². The molecule has 0 bridgehead atoms. The van der Waals surface area contributed by atoms with Gasteiger partial charge >= 0.3 is 0 Å². The van der Waals surface area contributed by atoms with Gasteiger partial charge in [0, 0.05) is 24.5 Å². The number of nitrogens with zero attached hydrogens (tertiary/aromatic N) is 2. The first-order valence-electron chi connectivity index (χ1n) is 6.98. The smallest absolute Gasteiger partial charge is 0.266 e. The molecule has 0 spiro atoms. The lowest BCUT2D eigenvalue weighted by molar-refractivity contribution is -0.160. The molecule has 1 aromatic carbocycles. The van der Waals surface area contributed by atoms with Crippen LogP contribution in [0.2, 0.25) is 0 Å². The summed E-state index contributed by atoms with van der Waals surface area (Å²) in [6.45, 7) is 1.87. The zero-order valence-corrected chi connectivity index (χ0v) is 12.0. The van der Waals surface area contributed by atoms with Crippen LogP contribution in [0.5, 0.6) is 0 Å². The van der Waals surface area contributed by atoms with Crippen molar-refractivity contribution in [2.45, 2.75) is 32.2 Å². The van der Waals surface area contributed by atoms with Crippen molar-refractivity contribution in [3.63, 3.8) is 0 Å². The van der Waals surface area contributed by atoms with E-state index < -0.39 is 11.3 Å². The van der Waals surface area contributed by atoms with E-state index in [1.165, 1.54) is 22.9 Å². The average molecular weight is 308 g/mol. The van der Waals surface area contributed by atoms with Gasteiger partial charge in [0.1, 0.15) is 5.82 Å². The minimum absolute atomic E-state index is 0.149. The Morgan fingerprint density at radius 1 is 1.14 bits per heavy atom. The second-order valence-corrected chi connectivity index (χ2v) is 6.24. The Bertz CT molecular complexity index is 745. The van der Waals surface area contributed by atoms with E-state index in [9.17, 15) is 18.0 Å². The van der Waals surface area contributed by atoms with Crippen molar-refractivity contribution in [2.24, 2.45) is 5.41 Å². The predicted octanol–water partition coefficient (Wildman–Crippen LogP) is 3.48. The molecule has 0 amide bonds. The number of hydrogen-bond acceptors (Lipinski definition) is 2. The lowest BCUT2D eigenvalue weighted by atomic mass is 9.67. The molecule has 0 unspecified atom stereocenters. The first-order valence-corrected chi connectivity index (χ1v) is 6.98. The molecule has 0 radical (unpaired) electrons. The summed E-state index contributed by atoms with van der Waals surface area (Å²) in [5, 5.41) is 4.22. The van der Waals surface area contributed by atoms with E-state index in [1.807, 2.05) is 0 Å². The molecule has 1 heterocycles. The summed E-state index contributed by atoms with van der Waals surface area (Å²) in [5.41, 5.74) is 0.220. The molecule has 1 aliphatic rings. The largest absolute Gasteiger partial charge is 0.268 e. The van der Waals surface area contributed by atoms with E-state index in [0.29, 0.717) is 11.3 Å². The van der Waals surface area contributed by atoms with Crippen LogP contribution in [0.4, 0.5) is 13.2 Å². The van der Waals surface area contributed by atoms with Crippen molar-refractivity contribution in [3.05, 3.63) is 52.6 Å². The number of halogens is 3. The van der Waals surface area contributed by atoms with Crippen LogP contribution in [-0.2, 0) is 6.54 Å². The molecule has 6 heteroatoms. The molecule has 0 N–H and O–H groups in total. The minimum atomic E-state index is -2.65. The van der Waals surface area contributed by atoms with Crippen LogP contribution in [0.25, 0.3) is 11.3 Å². The van der Waals surface area contributed by atoms with E-state index in [1.54, 1.807) is 25.1 Å². The third-order valence-corrected chi connectivity index (χ3v) is 3.91. The quantitative estimate of drug-likeness (QED) is 0.870. The van der Waals surface area contributed by atoms with Crippen molar-refractivity contribution >= 4 is 0 Å². The Balaban J connectivity index is 1.88. The van der Waals surface area contributed by atoms with Gasteiger partial charge in [-0.2, -0.15) is 5.10 Å². The molecule has 1 aliphatic carbocycles. The van der Waals surface area contributed by atoms with Crippen LogP contribution in [-0.4, -0.2) is 15.7 Å². The van der Waals surface area contributed by atoms with Gasteiger partial charge in [0.2, 0.25) is 5.92 Å². The fourth-order valence-electron chi connectivity index (χ4n) is 3.01. The van der Waals surface area contributed by atoms with Gasteiger partial charge in [0.05, 0.1) is 12.2 Å². The minimum Gasteiger partial charge on any atom is -0.268 e. The van der Waals surface area contributed by atoms with Gasteiger partial charge in [-0.1, -0.05) is 6.92 Å². The first-order chi connectivity index (χ1) is 10.3. The van der Waals surface area contributed by atoms with E-state index in [4.69, 9.17) is 0 Å². The van der Waals surface area contributed by atoms with Crippen molar-refractivity contribution in [1.29, 1.82) is 0 Å². The predicted molar refractivity (Wildman–Crippen MR) is 76.2 cm³/mol. The zero-order chi connectivity index (χ0) is 16.0. The monoisotopic (exact) mass is 308 g/mol. The third-order valence-electron chi connectivity index (χ3n) is 3.91. The molecular formula is C16H15F3N2O. The highest BCUT2D eigenvalue weighted by atomic mass is 19.3. The highest BCUT2D eigenvalue weighted by molar-refractivity contribution is 5.57. The normalized spacial score (nSPS) is 18.7. The Morgan fingerprint density at radius 2 is 1.77 bits per heavy atom. The van der Waals surface area contributed by atoms with Crippen LogP contribution < -0.4 is 5.56 Å². The van der Waals surface area contributed by atoms with Gasteiger partial charge in [0.15, 0.2) is 0 Å². The maximum absolute atomic E-state index is 13.1. The summed E-state index contributed by atoms with van der Waals surface area (Å²) in [7, 11) is 0. The van der Waals surface area contributed by atoms with Gasteiger partial charge in [-0.25, -0.2) is 17.9 Å². The number of alkyl halides is 2. The molecule has 1 saturated carbocycles. The van der Waals surface area contributed by atoms with Crippen LogP contribution in [0.15, 0.2) is 41.2 Å². The fraction of sp³-hybridized carbons (Fsp3) is 0.375. The standard InChI is InChI=1S/C16H15F3N2O/c1-15(8-16(18,19)9-15)10-21-14(22)7-6-13(20-21)11-2-4-12(17)5-3-11/h2-7H,8-10H2,1H3. The SMILES string of the molecule is CC1(Cn2nc(-c3ccc(F)cc3)ccc2=O)CC(F)(F)C1. The van der Waals surface area contributed by atoms with E-state index in [0.717, 1.165) is 0 Å². The Morgan fingerprint density at radius 3 is 2.36 bits per heavy atom. The summed E-state index contributed by atoms with van der Waals surface area (Å²) in [6.07, 6.45) is -0.482. The summed E-state index contributed by atoms with van der Waals surface area (Å²) in [5.74, 6) is -3.01. The molecular weight excluding hydrogens is 293 g/mol. The summed E-state index contributed by atoms with van der Waals surface area (Å²) in [6, 6.07) is 8.63. The van der Waals surface area contributed by atoms with Crippen molar-refractivity contribution in [2.75, 3.05) is 0 Å². The summed E-state index contributed by atoms with van der Waals surface area (Å²) >= 11 is 0. The fourth-order valence-corrected chi connectivity index (χ4v) is 3.01. The van der Waals surface area contributed by atoms with E-state index in [-0.39, 0.29) is 30.8 Å². The van der Waals surface area contributed by atoms with Gasteiger partial charge in [0.25, 0.3) is 5.56 Å². The van der Waals surface area contributed by atoms with Crippen LogP contribution in [0.1, 0.15) is 19.8 Å². The molecule has 3 rings (SSSR count). The van der Waals surface area contributed by atoms with Gasteiger partial charge in [-0.3, -0.25) is 4.79 Å². The van der Waals surface area contributed by atoms with E-state index >= 15 is 0 Å². The number of aromatic nitrogens is 2. The molecule has 2 aromatic rings. The van der Waals surface area contributed by atoms with Gasteiger partial charge < -0.3 is 0 Å². The van der Waals surface area contributed by atoms with Crippen molar-refractivity contribution < 1.29 is 13.2 Å². The molecule has 116 valence electrons. The summed E-state index contributed by atoms with van der Waals surface area (Å²) in [4.78, 5) is 11.9. The number of hydrogen-bond donors (Lipinski definition) is 0. The maximum Gasteiger partial charge on any atom is 0.266 e. The molecule has 3 nitrogen and oxygen atoms in total. The number of benzene rings is 1. The third kappa shape index (κ3) is 2.91. The summed E-state index contributed by atoms with van der Waals surface area (Å²) < 4.78 is 40.3. The first kappa shape index (κ1) is 14.8. The Hall–Kier alpha value is -2.11. The Kier molecular flexibility index (Phi) is 3.34. The van der Waals surface area contributed by atoms with Crippen molar-refractivity contribution in [1.82, 2.24) is 9.78 Å². The lowest BCUT2D eigenvalue weighted by Crippen LogP contribution is -2.48. The van der Waals surface area contributed by atoms with Gasteiger partial charge in [-0.05, 0) is 35.7 Å². The molecule has 1 fully saturated rings. The zero-order valence-electron chi connectivity index (χ0n) is 12.0. The lowest BCUT2D eigenvalue weighted by Gasteiger charge is -2.44. The molecule has 1 aromatic heterocycles. The highest BCUT2D eigenvalue weighted by Gasteiger charge is 2.53. The topological polar surface area (TPSA) is 34.9 Å². The molecule has 0 saturated heterocycles.